The molecule has 3 rings (SSSR count). The van der Waals surface area contributed by atoms with Crippen LogP contribution in [0.2, 0.25) is 0 Å². The number of carbonyl (C=O) groups excluding carboxylic acids is 1. The Morgan fingerprint density at radius 2 is 2.00 bits per heavy atom. The van der Waals surface area contributed by atoms with E-state index >= 15 is 0 Å². The lowest BCUT2D eigenvalue weighted by atomic mass is 9.84. The third-order valence-electron chi connectivity index (χ3n) is 5.07. The second-order valence-electron chi connectivity index (χ2n) is 6.49. The predicted molar refractivity (Wildman–Crippen MR) is 91.8 cm³/mol. The van der Waals surface area contributed by atoms with E-state index in [1.165, 1.54) is 6.42 Å². The van der Waals surface area contributed by atoms with Crippen molar-refractivity contribution in [3.8, 4) is 11.5 Å². The molecule has 6 heteroatoms. The van der Waals surface area contributed by atoms with Crippen molar-refractivity contribution in [2.24, 2.45) is 0 Å². The van der Waals surface area contributed by atoms with Gasteiger partial charge < -0.3 is 24.4 Å². The van der Waals surface area contributed by atoms with E-state index in [-0.39, 0.29) is 11.5 Å². The summed E-state index contributed by atoms with van der Waals surface area (Å²) in [5.74, 6) is 1.30. The van der Waals surface area contributed by atoms with Gasteiger partial charge in [-0.15, -0.1) is 0 Å². The molecule has 24 heavy (non-hydrogen) atoms. The number of hydrogen-bond donors (Lipinski definition) is 1. The fourth-order valence-corrected chi connectivity index (χ4v) is 3.34. The fraction of sp³-hybridized carbons (Fsp3) is 0.611. The number of rotatable bonds is 6. The highest BCUT2D eigenvalue weighted by atomic mass is 16.5. The van der Waals surface area contributed by atoms with Gasteiger partial charge in [-0.2, -0.15) is 0 Å². The second-order valence-corrected chi connectivity index (χ2v) is 6.49. The van der Waals surface area contributed by atoms with Crippen LogP contribution < -0.4 is 14.8 Å². The van der Waals surface area contributed by atoms with Crippen molar-refractivity contribution in [2.75, 3.05) is 45.8 Å². The zero-order valence-corrected chi connectivity index (χ0v) is 14.5. The molecule has 0 unspecified atom stereocenters. The van der Waals surface area contributed by atoms with Crippen molar-refractivity contribution in [1.29, 1.82) is 0 Å². The molecule has 2 saturated heterocycles. The Labute approximate surface area is 143 Å². The number of methoxy groups -OCH3 is 2. The van der Waals surface area contributed by atoms with Crippen LogP contribution in [0.4, 0.5) is 5.69 Å². The Bertz CT molecular complexity index is 576. The minimum atomic E-state index is -0.00125. The first-order chi connectivity index (χ1) is 11.6. The second kappa shape index (κ2) is 7.40. The highest BCUT2D eigenvalue weighted by molar-refractivity contribution is 5.92. The zero-order valence-electron chi connectivity index (χ0n) is 14.5. The van der Waals surface area contributed by atoms with Gasteiger partial charge in [0.15, 0.2) is 0 Å². The lowest BCUT2D eigenvalue weighted by molar-refractivity contribution is -0.172. The predicted octanol–water partition coefficient (Wildman–Crippen LogP) is 2.29. The normalized spacial score (nSPS) is 19.6. The molecule has 0 saturated carbocycles. The Kier molecular flexibility index (Phi) is 5.26. The quantitative estimate of drug-likeness (QED) is 0.865. The summed E-state index contributed by atoms with van der Waals surface area (Å²) < 4.78 is 16.2. The molecule has 2 fully saturated rings. The van der Waals surface area contributed by atoms with Gasteiger partial charge in [0.05, 0.1) is 32.1 Å². The van der Waals surface area contributed by atoms with Crippen LogP contribution in [0.1, 0.15) is 25.7 Å². The summed E-state index contributed by atoms with van der Waals surface area (Å²) >= 11 is 0. The molecule has 2 aliphatic rings. The average molecular weight is 334 g/mol. The first-order valence-corrected chi connectivity index (χ1v) is 8.52. The number of hydrogen-bond acceptors (Lipinski definition) is 5. The Morgan fingerprint density at radius 1 is 1.25 bits per heavy atom. The van der Waals surface area contributed by atoms with E-state index in [1.54, 1.807) is 32.4 Å². The van der Waals surface area contributed by atoms with Gasteiger partial charge in [0, 0.05) is 32.1 Å². The number of benzene rings is 1. The molecule has 2 heterocycles. The molecule has 0 atom stereocenters. The van der Waals surface area contributed by atoms with Crippen LogP contribution in [0.15, 0.2) is 18.2 Å². The Hall–Kier alpha value is -1.79. The molecule has 6 nitrogen and oxygen atoms in total. The minimum Gasteiger partial charge on any atom is -0.497 e. The molecule has 1 amide bonds. The van der Waals surface area contributed by atoms with Crippen LogP contribution in [-0.2, 0) is 9.53 Å². The minimum absolute atomic E-state index is 0.00125. The van der Waals surface area contributed by atoms with Gasteiger partial charge in [0.2, 0.25) is 5.91 Å². The van der Waals surface area contributed by atoms with Gasteiger partial charge in [0.25, 0.3) is 0 Å². The molecule has 132 valence electrons. The van der Waals surface area contributed by atoms with Crippen LogP contribution >= 0.6 is 0 Å². The van der Waals surface area contributed by atoms with Crippen molar-refractivity contribution in [1.82, 2.24) is 4.90 Å². The number of ether oxygens (including phenoxy) is 3. The van der Waals surface area contributed by atoms with Crippen LogP contribution in [0.25, 0.3) is 0 Å². The first-order valence-electron chi connectivity index (χ1n) is 8.52. The number of amides is 1. The van der Waals surface area contributed by atoms with E-state index in [1.807, 2.05) is 0 Å². The van der Waals surface area contributed by atoms with E-state index in [4.69, 9.17) is 14.2 Å². The third-order valence-corrected chi connectivity index (χ3v) is 5.07. The molecule has 0 bridgehead atoms. The van der Waals surface area contributed by atoms with Crippen LogP contribution in [0.5, 0.6) is 11.5 Å². The van der Waals surface area contributed by atoms with Gasteiger partial charge in [0.1, 0.15) is 11.5 Å². The van der Waals surface area contributed by atoms with Crippen LogP contribution in [0.3, 0.4) is 0 Å². The fourth-order valence-electron chi connectivity index (χ4n) is 3.34. The molecular formula is C18H26N2O4. The van der Waals surface area contributed by atoms with E-state index in [0.29, 0.717) is 23.6 Å². The van der Waals surface area contributed by atoms with E-state index in [0.717, 1.165) is 39.1 Å². The third kappa shape index (κ3) is 3.82. The maximum Gasteiger partial charge on any atom is 0.225 e. The van der Waals surface area contributed by atoms with E-state index in [9.17, 15) is 4.79 Å². The summed E-state index contributed by atoms with van der Waals surface area (Å²) in [5, 5.41) is 2.92. The highest BCUT2D eigenvalue weighted by Gasteiger charge is 2.40. The molecule has 1 spiro atoms. The van der Waals surface area contributed by atoms with Crippen LogP contribution in [-0.4, -0.2) is 56.9 Å². The van der Waals surface area contributed by atoms with Gasteiger partial charge in [-0.25, -0.2) is 0 Å². The van der Waals surface area contributed by atoms with E-state index in [2.05, 4.69) is 10.2 Å². The van der Waals surface area contributed by atoms with Gasteiger partial charge in [-0.1, -0.05) is 0 Å². The summed E-state index contributed by atoms with van der Waals surface area (Å²) in [6.07, 6.45) is 3.84. The average Bonchev–Trinajstić information content (AvgIpc) is 2.59. The highest BCUT2D eigenvalue weighted by Crippen LogP contribution is 2.36. The maximum absolute atomic E-state index is 12.2. The molecule has 1 N–H and O–H groups in total. The smallest absolute Gasteiger partial charge is 0.225 e. The molecular weight excluding hydrogens is 308 g/mol. The molecule has 0 aromatic heterocycles. The molecule has 1 aromatic rings. The Balaban J connectivity index is 1.46. The van der Waals surface area contributed by atoms with Crippen molar-refractivity contribution in [3.05, 3.63) is 18.2 Å². The standard InChI is InChI=1S/C18H26N2O4/c1-22-14-3-4-15(16(13-14)23-2)19-17(21)5-9-20-10-6-18(7-11-20)8-12-24-18/h3-4,13H,5-12H2,1-2H3,(H,19,21). The van der Waals surface area contributed by atoms with Crippen molar-refractivity contribution in [3.63, 3.8) is 0 Å². The Morgan fingerprint density at radius 3 is 2.58 bits per heavy atom. The summed E-state index contributed by atoms with van der Waals surface area (Å²) in [6, 6.07) is 5.37. The topological polar surface area (TPSA) is 60.0 Å². The van der Waals surface area contributed by atoms with Gasteiger partial charge >= 0.3 is 0 Å². The first kappa shape index (κ1) is 17.0. The number of anilines is 1. The SMILES string of the molecule is COc1ccc(NC(=O)CCN2CCC3(CCO3)CC2)c(OC)c1. The molecule has 0 radical (unpaired) electrons. The number of carbonyl (C=O) groups is 1. The summed E-state index contributed by atoms with van der Waals surface area (Å²) in [6.45, 7) is 3.71. The maximum atomic E-state index is 12.2. The summed E-state index contributed by atoms with van der Waals surface area (Å²) in [5.41, 5.74) is 0.832. The monoisotopic (exact) mass is 334 g/mol. The van der Waals surface area contributed by atoms with Gasteiger partial charge in [-0.3, -0.25) is 4.79 Å². The summed E-state index contributed by atoms with van der Waals surface area (Å²) in [7, 11) is 3.18. The van der Waals surface area contributed by atoms with Crippen molar-refractivity contribution < 1.29 is 19.0 Å². The van der Waals surface area contributed by atoms with Crippen molar-refractivity contribution >= 4 is 11.6 Å². The van der Waals surface area contributed by atoms with E-state index < -0.39 is 0 Å². The number of piperidine rings is 1. The lowest BCUT2D eigenvalue weighted by Gasteiger charge is -2.47. The number of nitrogens with one attached hydrogen (secondary N) is 1. The zero-order chi connectivity index (χ0) is 17.0. The van der Waals surface area contributed by atoms with Crippen LogP contribution in [0, 0.1) is 0 Å². The molecule has 2 aliphatic heterocycles. The molecule has 1 aromatic carbocycles. The van der Waals surface area contributed by atoms with Crippen molar-refractivity contribution in [2.45, 2.75) is 31.3 Å². The lowest BCUT2D eigenvalue weighted by Crippen LogP contribution is -2.52. The number of nitrogens with zero attached hydrogens (tertiary/aromatic N) is 1. The largest absolute Gasteiger partial charge is 0.497 e. The summed E-state index contributed by atoms with van der Waals surface area (Å²) in [4.78, 5) is 14.6. The van der Waals surface area contributed by atoms with Gasteiger partial charge in [-0.05, 0) is 31.4 Å². The number of likely N-dealkylation sites (tertiary alicyclic amines) is 1. The molecule has 0 aliphatic carbocycles.